The molecule has 0 bridgehead atoms. The van der Waals surface area contributed by atoms with Gasteiger partial charge < -0.3 is 14.4 Å². The second-order valence-electron chi connectivity index (χ2n) is 6.00. The van der Waals surface area contributed by atoms with E-state index in [2.05, 4.69) is 84.6 Å². The lowest BCUT2D eigenvalue weighted by Gasteiger charge is -2.25. The van der Waals surface area contributed by atoms with Crippen LogP contribution >= 0.6 is 0 Å². The highest BCUT2D eigenvalue weighted by Gasteiger charge is 2.13. The SMILES string of the molecule is COC(OC)[Si]c1ccc(N(c2ccccc2)c2ccc(C)cc2)cc1. The predicted octanol–water partition coefficient (Wildman–Crippen LogP) is 4.37. The van der Waals surface area contributed by atoms with Gasteiger partial charge in [0.2, 0.25) is 0 Å². The molecule has 3 aromatic carbocycles. The lowest BCUT2D eigenvalue weighted by molar-refractivity contribution is -0.0429. The quantitative estimate of drug-likeness (QED) is 0.461. The molecule has 0 heterocycles. The minimum absolute atomic E-state index is 0.192. The topological polar surface area (TPSA) is 21.7 Å². The molecule has 0 saturated carbocycles. The molecule has 0 fully saturated rings. The smallest absolute Gasteiger partial charge is 0.157 e. The summed E-state index contributed by atoms with van der Waals surface area (Å²) in [6.45, 7) is 2.11. The first kappa shape index (κ1) is 18.4. The van der Waals surface area contributed by atoms with E-state index in [1.165, 1.54) is 10.8 Å². The Bertz CT molecular complexity index is 800. The average molecular weight is 362 g/mol. The van der Waals surface area contributed by atoms with Crippen LogP contribution in [0.25, 0.3) is 0 Å². The van der Waals surface area contributed by atoms with E-state index in [4.69, 9.17) is 9.47 Å². The van der Waals surface area contributed by atoms with E-state index in [-0.39, 0.29) is 5.91 Å². The van der Waals surface area contributed by atoms with Gasteiger partial charge in [-0.1, -0.05) is 53.2 Å². The van der Waals surface area contributed by atoms with Crippen LogP contribution in [-0.2, 0) is 9.47 Å². The van der Waals surface area contributed by atoms with Crippen molar-refractivity contribution in [3.8, 4) is 0 Å². The summed E-state index contributed by atoms with van der Waals surface area (Å²) in [5.41, 5.74) is 4.66. The fraction of sp³-hybridized carbons (Fsp3) is 0.182. The molecule has 0 aliphatic carbocycles. The van der Waals surface area contributed by atoms with Crippen LogP contribution < -0.4 is 10.1 Å². The van der Waals surface area contributed by atoms with Crippen LogP contribution in [0.3, 0.4) is 0 Å². The molecule has 132 valence electrons. The number of aryl methyl sites for hydroxylation is 1. The van der Waals surface area contributed by atoms with Crippen LogP contribution in [0, 0.1) is 6.92 Å². The highest BCUT2D eigenvalue weighted by Crippen LogP contribution is 2.33. The highest BCUT2D eigenvalue weighted by molar-refractivity contribution is 6.54. The first-order valence-corrected chi connectivity index (χ1v) is 9.63. The van der Waals surface area contributed by atoms with Crippen LogP contribution in [0.5, 0.6) is 0 Å². The third kappa shape index (κ3) is 4.41. The number of benzene rings is 3. The molecule has 0 aromatic heterocycles. The van der Waals surface area contributed by atoms with E-state index in [0.717, 1.165) is 17.1 Å². The normalized spacial score (nSPS) is 10.9. The van der Waals surface area contributed by atoms with Gasteiger partial charge in [-0.25, -0.2) is 0 Å². The summed E-state index contributed by atoms with van der Waals surface area (Å²) < 4.78 is 10.6. The Balaban J connectivity index is 1.93. The third-order valence-corrected chi connectivity index (χ3v) is 5.52. The summed E-state index contributed by atoms with van der Waals surface area (Å²) >= 11 is 0. The molecule has 26 heavy (non-hydrogen) atoms. The third-order valence-electron chi connectivity index (χ3n) is 4.14. The standard InChI is InChI=1S/C22H23NO2Si/c1-17-9-11-19(12-10-17)23(18-7-5-4-6-8-18)20-13-15-21(16-14-20)26-22(24-2)25-3/h4-16,22H,1-3H3. The molecule has 3 aromatic rings. The maximum atomic E-state index is 5.31. The number of anilines is 3. The van der Waals surface area contributed by atoms with Crippen LogP contribution in [0.4, 0.5) is 17.1 Å². The Morgan fingerprint density at radius 3 is 1.73 bits per heavy atom. The fourth-order valence-corrected chi connectivity index (χ4v) is 3.64. The van der Waals surface area contributed by atoms with Crippen molar-refractivity contribution in [2.75, 3.05) is 19.1 Å². The molecular formula is C22H23NO2Si. The lowest BCUT2D eigenvalue weighted by atomic mass is 10.1. The largest absolute Gasteiger partial charge is 0.360 e. The average Bonchev–Trinajstić information content (AvgIpc) is 2.70. The van der Waals surface area contributed by atoms with Crippen LogP contribution in [0.15, 0.2) is 78.9 Å². The number of rotatable bonds is 7. The van der Waals surface area contributed by atoms with Gasteiger partial charge in [-0.05, 0) is 43.3 Å². The molecule has 0 unspecified atom stereocenters. The molecule has 3 rings (SSSR count). The Morgan fingerprint density at radius 1 is 0.692 bits per heavy atom. The number of para-hydroxylation sites is 1. The number of hydrogen-bond donors (Lipinski definition) is 0. The Hall–Kier alpha value is -2.40. The molecule has 0 aliphatic rings. The van der Waals surface area contributed by atoms with Gasteiger partial charge in [-0.3, -0.25) is 0 Å². The zero-order chi connectivity index (χ0) is 18.4. The summed E-state index contributed by atoms with van der Waals surface area (Å²) in [5.74, 6) is -0.192. The summed E-state index contributed by atoms with van der Waals surface area (Å²) in [4.78, 5) is 2.26. The van der Waals surface area contributed by atoms with Crippen molar-refractivity contribution in [3.05, 3.63) is 84.4 Å². The van der Waals surface area contributed by atoms with E-state index >= 15 is 0 Å². The first-order chi connectivity index (χ1) is 12.7. The van der Waals surface area contributed by atoms with E-state index in [0.29, 0.717) is 9.52 Å². The molecule has 2 radical (unpaired) electrons. The summed E-state index contributed by atoms with van der Waals surface area (Å²) in [6, 6.07) is 27.6. The zero-order valence-corrected chi connectivity index (χ0v) is 16.3. The van der Waals surface area contributed by atoms with Gasteiger partial charge in [0.25, 0.3) is 0 Å². The molecule has 0 aliphatic heterocycles. The van der Waals surface area contributed by atoms with Gasteiger partial charge in [-0.15, -0.1) is 0 Å². The fourth-order valence-electron chi connectivity index (χ4n) is 2.77. The predicted molar refractivity (Wildman–Crippen MR) is 109 cm³/mol. The Labute approximate surface area is 158 Å². The lowest BCUT2D eigenvalue weighted by Crippen LogP contribution is -2.31. The Morgan fingerprint density at radius 2 is 1.19 bits per heavy atom. The first-order valence-electron chi connectivity index (χ1n) is 8.55. The molecule has 0 saturated heterocycles. The van der Waals surface area contributed by atoms with Gasteiger partial charge in [0.1, 0.15) is 5.91 Å². The number of hydrogen-bond acceptors (Lipinski definition) is 3. The molecule has 0 amide bonds. The second-order valence-corrected chi connectivity index (χ2v) is 7.34. The van der Waals surface area contributed by atoms with E-state index in [1.54, 1.807) is 14.2 Å². The molecule has 0 spiro atoms. The van der Waals surface area contributed by atoms with Crippen molar-refractivity contribution in [3.63, 3.8) is 0 Å². The summed E-state index contributed by atoms with van der Waals surface area (Å²) in [6.07, 6.45) is 0. The molecule has 0 N–H and O–H groups in total. The van der Waals surface area contributed by atoms with Crippen LogP contribution in [0.1, 0.15) is 5.56 Å². The van der Waals surface area contributed by atoms with Gasteiger partial charge in [0, 0.05) is 31.3 Å². The van der Waals surface area contributed by atoms with E-state index in [1.807, 2.05) is 6.07 Å². The van der Waals surface area contributed by atoms with Crippen molar-refractivity contribution < 1.29 is 9.47 Å². The minimum atomic E-state index is -0.192. The molecule has 3 nitrogen and oxygen atoms in total. The van der Waals surface area contributed by atoms with Crippen molar-refractivity contribution in [1.82, 2.24) is 0 Å². The van der Waals surface area contributed by atoms with Crippen molar-refractivity contribution in [2.24, 2.45) is 0 Å². The monoisotopic (exact) mass is 361 g/mol. The number of nitrogens with zero attached hydrogens (tertiary/aromatic N) is 1. The molecular weight excluding hydrogens is 338 g/mol. The summed E-state index contributed by atoms with van der Waals surface area (Å²) in [7, 11) is 3.80. The number of methoxy groups -OCH3 is 2. The van der Waals surface area contributed by atoms with Crippen molar-refractivity contribution >= 4 is 31.8 Å². The molecule has 4 heteroatoms. The van der Waals surface area contributed by atoms with Crippen LogP contribution in [0.2, 0.25) is 0 Å². The van der Waals surface area contributed by atoms with Crippen molar-refractivity contribution in [2.45, 2.75) is 12.8 Å². The van der Waals surface area contributed by atoms with Gasteiger partial charge >= 0.3 is 0 Å². The summed E-state index contributed by atoms with van der Waals surface area (Å²) in [5, 5.41) is 1.21. The highest BCUT2D eigenvalue weighted by atomic mass is 28.2. The minimum Gasteiger partial charge on any atom is -0.360 e. The van der Waals surface area contributed by atoms with Crippen LogP contribution in [-0.4, -0.2) is 29.7 Å². The van der Waals surface area contributed by atoms with Gasteiger partial charge in [0.15, 0.2) is 9.52 Å². The van der Waals surface area contributed by atoms with E-state index < -0.39 is 0 Å². The zero-order valence-electron chi connectivity index (χ0n) is 15.3. The second kappa shape index (κ2) is 8.81. The maximum Gasteiger partial charge on any atom is 0.157 e. The van der Waals surface area contributed by atoms with E-state index in [9.17, 15) is 0 Å². The number of ether oxygens (including phenoxy) is 2. The Kier molecular flexibility index (Phi) is 6.23. The molecule has 0 atom stereocenters. The van der Waals surface area contributed by atoms with Crippen molar-refractivity contribution in [1.29, 1.82) is 0 Å². The van der Waals surface area contributed by atoms with Gasteiger partial charge in [-0.2, -0.15) is 0 Å². The van der Waals surface area contributed by atoms with Gasteiger partial charge in [0.05, 0.1) is 0 Å². The maximum absolute atomic E-state index is 5.31.